The van der Waals surface area contributed by atoms with Crippen LogP contribution in [0.4, 0.5) is 0 Å². The number of carbonyl (C=O) groups excluding carboxylic acids is 1. The quantitative estimate of drug-likeness (QED) is 0.882. The SMILES string of the molecule is CC1(NC(=O)c2ccc3c(c2)OCCCO3)CCS(=O)(=O)C1. The van der Waals surface area contributed by atoms with Gasteiger partial charge in [0.05, 0.1) is 30.3 Å². The molecule has 0 aromatic heterocycles. The van der Waals surface area contributed by atoms with Crippen molar-refractivity contribution >= 4 is 15.7 Å². The lowest BCUT2D eigenvalue weighted by atomic mass is 10.0. The van der Waals surface area contributed by atoms with Gasteiger partial charge in [-0.05, 0) is 31.5 Å². The van der Waals surface area contributed by atoms with Gasteiger partial charge in [0, 0.05) is 12.0 Å². The molecule has 3 rings (SSSR count). The lowest BCUT2D eigenvalue weighted by Crippen LogP contribution is -2.46. The summed E-state index contributed by atoms with van der Waals surface area (Å²) in [4.78, 5) is 12.4. The maximum Gasteiger partial charge on any atom is 0.251 e. The van der Waals surface area contributed by atoms with E-state index in [2.05, 4.69) is 5.32 Å². The molecule has 7 heteroatoms. The van der Waals surface area contributed by atoms with Crippen molar-refractivity contribution in [2.24, 2.45) is 0 Å². The second-order valence-corrected chi connectivity index (χ2v) is 8.25. The molecule has 0 spiro atoms. The standard InChI is InChI=1S/C15H19NO5S/c1-15(5-8-22(18,19)10-15)16-14(17)11-3-4-12-13(9-11)21-7-2-6-20-12/h3-4,9H,2,5-8,10H2,1H3,(H,16,17). The summed E-state index contributed by atoms with van der Waals surface area (Å²) in [7, 11) is -3.06. The van der Waals surface area contributed by atoms with Crippen molar-refractivity contribution in [2.45, 2.75) is 25.3 Å². The molecule has 1 amide bonds. The van der Waals surface area contributed by atoms with Gasteiger partial charge in [-0.25, -0.2) is 8.42 Å². The first kappa shape index (κ1) is 15.1. The fraction of sp³-hybridized carbons (Fsp3) is 0.533. The van der Waals surface area contributed by atoms with Crippen LogP contribution >= 0.6 is 0 Å². The molecule has 2 heterocycles. The predicted molar refractivity (Wildman–Crippen MR) is 81.2 cm³/mol. The van der Waals surface area contributed by atoms with Crippen molar-refractivity contribution in [3.63, 3.8) is 0 Å². The zero-order valence-corrected chi connectivity index (χ0v) is 13.2. The van der Waals surface area contributed by atoms with Crippen LogP contribution in [-0.4, -0.2) is 44.6 Å². The highest BCUT2D eigenvalue weighted by Crippen LogP contribution is 2.31. The Morgan fingerprint density at radius 1 is 1.23 bits per heavy atom. The van der Waals surface area contributed by atoms with E-state index in [0.717, 1.165) is 6.42 Å². The van der Waals surface area contributed by atoms with Gasteiger partial charge in [-0.1, -0.05) is 0 Å². The molecule has 0 radical (unpaired) electrons. The molecule has 0 saturated carbocycles. The highest BCUT2D eigenvalue weighted by molar-refractivity contribution is 7.91. The normalized spacial score (nSPS) is 26.2. The van der Waals surface area contributed by atoms with Gasteiger partial charge in [0.2, 0.25) is 0 Å². The van der Waals surface area contributed by atoms with E-state index in [1.165, 1.54) is 0 Å². The molecule has 1 unspecified atom stereocenters. The third-order valence-electron chi connectivity index (χ3n) is 3.93. The molecule has 2 aliphatic rings. The highest BCUT2D eigenvalue weighted by Gasteiger charge is 2.39. The minimum Gasteiger partial charge on any atom is -0.490 e. The third kappa shape index (κ3) is 3.19. The minimum absolute atomic E-state index is 0.0176. The number of hydrogen-bond donors (Lipinski definition) is 1. The van der Waals surface area contributed by atoms with Gasteiger partial charge < -0.3 is 14.8 Å². The first-order valence-electron chi connectivity index (χ1n) is 7.30. The summed E-state index contributed by atoms with van der Waals surface area (Å²) >= 11 is 0. The first-order chi connectivity index (χ1) is 10.4. The predicted octanol–water partition coefficient (Wildman–Crippen LogP) is 1.15. The number of nitrogens with one attached hydrogen (secondary N) is 1. The van der Waals surface area contributed by atoms with Gasteiger partial charge in [-0.15, -0.1) is 0 Å². The first-order valence-corrected chi connectivity index (χ1v) is 9.12. The molecule has 1 saturated heterocycles. The molecule has 22 heavy (non-hydrogen) atoms. The summed E-state index contributed by atoms with van der Waals surface area (Å²) in [5, 5.41) is 2.84. The molecule has 1 atom stereocenters. The Bertz CT molecular complexity index is 700. The van der Waals surface area contributed by atoms with E-state index < -0.39 is 15.4 Å². The molecular weight excluding hydrogens is 306 g/mol. The average molecular weight is 325 g/mol. The number of amides is 1. The van der Waals surface area contributed by atoms with Crippen molar-refractivity contribution in [3.8, 4) is 11.5 Å². The largest absolute Gasteiger partial charge is 0.490 e. The molecule has 1 aromatic rings. The van der Waals surface area contributed by atoms with E-state index in [4.69, 9.17) is 9.47 Å². The summed E-state index contributed by atoms with van der Waals surface area (Å²) in [6, 6.07) is 5.02. The van der Waals surface area contributed by atoms with Crippen LogP contribution in [0.2, 0.25) is 0 Å². The van der Waals surface area contributed by atoms with Crippen molar-refractivity contribution in [1.82, 2.24) is 5.32 Å². The van der Waals surface area contributed by atoms with Gasteiger partial charge in [0.1, 0.15) is 0 Å². The van der Waals surface area contributed by atoms with E-state index in [1.807, 2.05) is 0 Å². The lowest BCUT2D eigenvalue weighted by molar-refractivity contribution is 0.0915. The van der Waals surface area contributed by atoms with Crippen molar-refractivity contribution in [1.29, 1.82) is 0 Å². The van der Waals surface area contributed by atoms with E-state index in [9.17, 15) is 13.2 Å². The van der Waals surface area contributed by atoms with E-state index in [0.29, 0.717) is 36.7 Å². The van der Waals surface area contributed by atoms with Crippen LogP contribution in [0.15, 0.2) is 18.2 Å². The fourth-order valence-electron chi connectivity index (χ4n) is 2.76. The average Bonchev–Trinajstić information content (AvgIpc) is 2.64. The molecule has 0 aliphatic carbocycles. The Morgan fingerprint density at radius 3 is 2.64 bits per heavy atom. The molecule has 1 fully saturated rings. The Morgan fingerprint density at radius 2 is 1.95 bits per heavy atom. The maximum atomic E-state index is 12.4. The summed E-state index contributed by atoms with van der Waals surface area (Å²) in [5.41, 5.74) is -0.269. The molecule has 6 nitrogen and oxygen atoms in total. The van der Waals surface area contributed by atoms with Crippen LogP contribution in [0.3, 0.4) is 0 Å². The second kappa shape index (κ2) is 5.46. The van der Waals surface area contributed by atoms with E-state index in [-0.39, 0.29) is 17.4 Å². The Balaban J connectivity index is 1.77. The summed E-state index contributed by atoms with van der Waals surface area (Å²) in [6.45, 7) is 2.90. The minimum atomic E-state index is -3.06. The van der Waals surface area contributed by atoms with Crippen LogP contribution in [0.25, 0.3) is 0 Å². The summed E-state index contributed by atoms with van der Waals surface area (Å²) < 4.78 is 34.3. The van der Waals surface area contributed by atoms with Crippen molar-refractivity contribution < 1.29 is 22.7 Å². The van der Waals surface area contributed by atoms with Crippen LogP contribution in [0, 0.1) is 0 Å². The second-order valence-electron chi connectivity index (χ2n) is 6.07. The number of carbonyl (C=O) groups is 1. The van der Waals surface area contributed by atoms with Gasteiger partial charge in [0.25, 0.3) is 5.91 Å². The molecule has 1 aromatic carbocycles. The monoisotopic (exact) mass is 325 g/mol. The fourth-order valence-corrected chi connectivity index (χ4v) is 4.85. The lowest BCUT2D eigenvalue weighted by Gasteiger charge is -2.24. The zero-order valence-electron chi connectivity index (χ0n) is 12.4. The summed E-state index contributed by atoms with van der Waals surface area (Å²) in [6.07, 6.45) is 1.23. The molecule has 2 aliphatic heterocycles. The smallest absolute Gasteiger partial charge is 0.251 e. The molecular formula is C15H19NO5S. The Kier molecular flexibility index (Phi) is 3.76. The zero-order chi connectivity index (χ0) is 15.8. The van der Waals surface area contributed by atoms with Crippen LogP contribution in [0.5, 0.6) is 11.5 Å². The summed E-state index contributed by atoms with van der Waals surface area (Å²) in [5.74, 6) is 0.981. The van der Waals surface area contributed by atoms with Gasteiger partial charge >= 0.3 is 0 Å². The van der Waals surface area contributed by atoms with Crippen LogP contribution in [0.1, 0.15) is 30.1 Å². The number of fused-ring (bicyclic) bond motifs is 1. The van der Waals surface area contributed by atoms with E-state index in [1.54, 1.807) is 25.1 Å². The number of rotatable bonds is 2. The van der Waals surface area contributed by atoms with E-state index >= 15 is 0 Å². The van der Waals surface area contributed by atoms with Gasteiger partial charge in [0.15, 0.2) is 21.3 Å². The van der Waals surface area contributed by atoms with Crippen molar-refractivity contribution in [3.05, 3.63) is 23.8 Å². The number of benzene rings is 1. The van der Waals surface area contributed by atoms with Crippen LogP contribution < -0.4 is 14.8 Å². The number of hydrogen-bond acceptors (Lipinski definition) is 5. The molecule has 120 valence electrons. The molecule has 1 N–H and O–H groups in total. The van der Waals surface area contributed by atoms with Crippen LogP contribution in [-0.2, 0) is 9.84 Å². The third-order valence-corrected chi connectivity index (χ3v) is 5.83. The van der Waals surface area contributed by atoms with Crippen molar-refractivity contribution in [2.75, 3.05) is 24.7 Å². The molecule has 0 bridgehead atoms. The van der Waals surface area contributed by atoms with Gasteiger partial charge in [-0.3, -0.25) is 4.79 Å². The Labute approximate surface area is 129 Å². The topological polar surface area (TPSA) is 81.7 Å². The number of sulfone groups is 1. The van der Waals surface area contributed by atoms with Gasteiger partial charge in [-0.2, -0.15) is 0 Å². The Hall–Kier alpha value is -1.76. The maximum absolute atomic E-state index is 12.4. The number of ether oxygens (including phenoxy) is 2. The highest BCUT2D eigenvalue weighted by atomic mass is 32.2.